The fraction of sp³-hybridized carbons (Fsp3) is 0.333. The number of piperazine rings is 1. The maximum Gasteiger partial charge on any atom is 0.251 e. The van der Waals surface area contributed by atoms with Crippen molar-refractivity contribution in [2.45, 2.75) is 13.3 Å². The highest BCUT2D eigenvalue weighted by Gasteiger charge is 2.21. The van der Waals surface area contributed by atoms with Gasteiger partial charge in [0.2, 0.25) is 5.91 Å². The van der Waals surface area contributed by atoms with E-state index in [2.05, 4.69) is 22.3 Å². The Bertz CT molecular complexity index is 810. The molecule has 1 heterocycles. The zero-order chi connectivity index (χ0) is 19.2. The lowest BCUT2D eigenvalue weighted by Crippen LogP contribution is -2.49. The summed E-state index contributed by atoms with van der Waals surface area (Å²) >= 11 is 0. The third-order valence-corrected chi connectivity index (χ3v) is 4.88. The van der Waals surface area contributed by atoms with E-state index < -0.39 is 0 Å². The molecule has 0 aliphatic carbocycles. The molecule has 1 aliphatic rings. The molecule has 8 heteroatoms. The van der Waals surface area contributed by atoms with Gasteiger partial charge < -0.3 is 20.9 Å². The molecule has 6 nitrogen and oxygen atoms in total. The zero-order valence-electron chi connectivity index (χ0n) is 16.5. The van der Waals surface area contributed by atoms with Gasteiger partial charge in [0, 0.05) is 56.1 Å². The monoisotopic (exact) mass is 438 g/mol. The van der Waals surface area contributed by atoms with Gasteiger partial charge in [-0.2, -0.15) is 0 Å². The molecule has 158 valence electrons. The van der Waals surface area contributed by atoms with E-state index in [0.29, 0.717) is 37.3 Å². The Kier molecular flexibility index (Phi) is 9.78. The SMILES string of the molecule is Cc1ccc(N)cc1C(=O)NCCC(=O)N1CCN(c2ccccc2)CC1.Cl.Cl. The van der Waals surface area contributed by atoms with Gasteiger partial charge in [-0.05, 0) is 36.8 Å². The predicted molar refractivity (Wildman–Crippen MR) is 122 cm³/mol. The van der Waals surface area contributed by atoms with Gasteiger partial charge in [0.1, 0.15) is 0 Å². The number of halogens is 2. The highest BCUT2D eigenvalue weighted by atomic mass is 35.5. The third-order valence-electron chi connectivity index (χ3n) is 4.88. The van der Waals surface area contributed by atoms with Crippen molar-refractivity contribution >= 4 is 48.0 Å². The minimum atomic E-state index is -0.193. The van der Waals surface area contributed by atoms with Crippen LogP contribution in [0.5, 0.6) is 0 Å². The van der Waals surface area contributed by atoms with Crippen LogP contribution in [0.1, 0.15) is 22.3 Å². The number of carbonyl (C=O) groups is 2. The van der Waals surface area contributed by atoms with E-state index in [0.717, 1.165) is 18.7 Å². The summed E-state index contributed by atoms with van der Waals surface area (Å²) in [5.41, 5.74) is 8.91. The van der Waals surface area contributed by atoms with E-state index in [4.69, 9.17) is 5.73 Å². The van der Waals surface area contributed by atoms with Crippen LogP contribution in [0.2, 0.25) is 0 Å². The summed E-state index contributed by atoms with van der Waals surface area (Å²) in [6.45, 7) is 5.25. The molecule has 2 aromatic carbocycles. The molecule has 0 saturated carbocycles. The number of hydrogen-bond donors (Lipinski definition) is 2. The minimum absolute atomic E-state index is 0. The maximum absolute atomic E-state index is 12.4. The van der Waals surface area contributed by atoms with Crippen molar-refractivity contribution in [1.82, 2.24) is 10.2 Å². The molecule has 0 unspecified atom stereocenters. The first kappa shape index (κ1) is 24.6. The summed E-state index contributed by atoms with van der Waals surface area (Å²) in [4.78, 5) is 28.9. The van der Waals surface area contributed by atoms with Crippen LogP contribution in [0.25, 0.3) is 0 Å². The number of anilines is 2. The molecule has 1 aliphatic heterocycles. The van der Waals surface area contributed by atoms with E-state index in [9.17, 15) is 9.59 Å². The molecule has 3 rings (SSSR count). The highest BCUT2D eigenvalue weighted by molar-refractivity contribution is 5.96. The van der Waals surface area contributed by atoms with Gasteiger partial charge in [-0.3, -0.25) is 9.59 Å². The summed E-state index contributed by atoms with van der Waals surface area (Å²) in [6, 6.07) is 15.5. The second-order valence-electron chi connectivity index (χ2n) is 6.78. The fourth-order valence-corrected chi connectivity index (χ4v) is 3.27. The van der Waals surface area contributed by atoms with Crippen molar-refractivity contribution < 1.29 is 9.59 Å². The molecule has 0 aromatic heterocycles. The van der Waals surface area contributed by atoms with Crippen LogP contribution in [0.3, 0.4) is 0 Å². The molecule has 1 fully saturated rings. The van der Waals surface area contributed by atoms with Crippen LogP contribution >= 0.6 is 24.8 Å². The Labute approximate surface area is 184 Å². The molecule has 0 bridgehead atoms. The third kappa shape index (κ3) is 6.54. The van der Waals surface area contributed by atoms with Crippen LogP contribution in [-0.4, -0.2) is 49.4 Å². The standard InChI is InChI=1S/C21H26N4O2.2ClH/c1-16-7-8-17(22)15-19(16)21(27)23-10-9-20(26)25-13-11-24(12-14-25)18-5-3-2-4-6-18;;/h2-8,15H,9-14,22H2,1H3,(H,23,27);2*1H. The molecule has 0 spiro atoms. The molecule has 2 amide bonds. The van der Waals surface area contributed by atoms with Gasteiger partial charge in [-0.15, -0.1) is 24.8 Å². The van der Waals surface area contributed by atoms with Gasteiger partial charge in [0.15, 0.2) is 0 Å². The van der Waals surface area contributed by atoms with E-state index >= 15 is 0 Å². The number of amides is 2. The van der Waals surface area contributed by atoms with E-state index in [1.807, 2.05) is 36.1 Å². The highest BCUT2D eigenvalue weighted by Crippen LogP contribution is 2.16. The Balaban J connectivity index is 0.00000210. The predicted octanol–water partition coefficient (Wildman–Crippen LogP) is 2.89. The van der Waals surface area contributed by atoms with Gasteiger partial charge >= 0.3 is 0 Å². The Morgan fingerprint density at radius 3 is 2.31 bits per heavy atom. The second kappa shape index (κ2) is 11.5. The number of para-hydroxylation sites is 1. The van der Waals surface area contributed by atoms with Gasteiger partial charge in [0.25, 0.3) is 5.91 Å². The number of nitrogens with zero attached hydrogens (tertiary/aromatic N) is 2. The van der Waals surface area contributed by atoms with E-state index in [1.54, 1.807) is 12.1 Å². The van der Waals surface area contributed by atoms with Crippen molar-refractivity contribution in [3.63, 3.8) is 0 Å². The Hall–Kier alpha value is -2.44. The molecule has 0 radical (unpaired) electrons. The fourth-order valence-electron chi connectivity index (χ4n) is 3.27. The van der Waals surface area contributed by atoms with Crippen molar-refractivity contribution in [2.24, 2.45) is 0 Å². The number of carbonyl (C=O) groups excluding carboxylic acids is 2. The summed E-state index contributed by atoms with van der Waals surface area (Å²) in [5.74, 6) is -0.117. The summed E-state index contributed by atoms with van der Waals surface area (Å²) in [7, 11) is 0. The quantitative estimate of drug-likeness (QED) is 0.703. The van der Waals surface area contributed by atoms with Crippen LogP contribution in [-0.2, 0) is 4.79 Å². The maximum atomic E-state index is 12.4. The number of nitrogen functional groups attached to an aromatic ring is 1. The zero-order valence-corrected chi connectivity index (χ0v) is 18.1. The molecule has 2 aromatic rings. The Morgan fingerprint density at radius 1 is 1.00 bits per heavy atom. The lowest BCUT2D eigenvalue weighted by Gasteiger charge is -2.36. The van der Waals surface area contributed by atoms with Crippen molar-refractivity contribution in [3.05, 3.63) is 59.7 Å². The van der Waals surface area contributed by atoms with Crippen LogP contribution in [0.4, 0.5) is 11.4 Å². The summed E-state index contributed by atoms with van der Waals surface area (Å²) in [6.07, 6.45) is 0.304. The molecule has 29 heavy (non-hydrogen) atoms. The van der Waals surface area contributed by atoms with Gasteiger partial charge in [0.05, 0.1) is 0 Å². The number of benzene rings is 2. The minimum Gasteiger partial charge on any atom is -0.399 e. The Morgan fingerprint density at radius 2 is 1.66 bits per heavy atom. The largest absolute Gasteiger partial charge is 0.399 e. The topological polar surface area (TPSA) is 78.7 Å². The van der Waals surface area contributed by atoms with Crippen molar-refractivity contribution in [2.75, 3.05) is 43.4 Å². The van der Waals surface area contributed by atoms with Crippen LogP contribution < -0.4 is 16.0 Å². The first-order valence-corrected chi connectivity index (χ1v) is 9.26. The number of rotatable bonds is 5. The number of aryl methyl sites for hydroxylation is 1. The van der Waals surface area contributed by atoms with Crippen molar-refractivity contribution in [3.8, 4) is 0 Å². The second-order valence-corrected chi connectivity index (χ2v) is 6.78. The van der Waals surface area contributed by atoms with E-state index in [-0.39, 0.29) is 36.6 Å². The average Bonchev–Trinajstić information content (AvgIpc) is 2.70. The van der Waals surface area contributed by atoms with Crippen LogP contribution in [0, 0.1) is 6.92 Å². The van der Waals surface area contributed by atoms with Crippen LogP contribution in [0.15, 0.2) is 48.5 Å². The average molecular weight is 439 g/mol. The van der Waals surface area contributed by atoms with Gasteiger partial charge in [-0.25, -0.2) is 0 Å². The lowest BCUT2D eigenvalue weighted by molar-refractivity contribution is -0.131. The summed E-state index contributed by atoms with van der Waals surface area (Å²) in [5, 5.41) is 2.82. The van der Waals surface area contributed by atoms with E-state index in [1.165, 1.54) is 5.69 Å². The molecular formula is C21H28Cl2N4O2. The van der Waals surface area contributed by atoms with Gasteiger partial charge in [-0.1, -0.05) is 24.3 Å². The molecule has 0 atom stereocenters. The van der Waals surface area contributed by atoms with Crippen molar-refractivity contribution in [1.29, 1.82) is 0 Å². The number of nitrogens with one attached hydrogen (secondary N) is 1. The molecule has 1 saturated heterocycles. The first-order valence-electron chi connectivity index (χ1n) is 9.26. The number of nitrogens with two attached hydrogens (primary N) is 1. The first-order chi connectivity index (χ1) is 13.0. The molecule has 3 N–H and O–H groups in total. The number of hydrogen-bond acceptors (Lipinski definition) is 4. The molecular weight excluding hydrogens is 411 g/mol. The lowest BCUT2D eigenvalue weighted by atomic mass is 10.1. The summed E-state index contributed by atoms with van der Waals surface area (Å²) < 4.78 is 0. The normalized spacial score (nSPS) is 13.1. The smallest absolute Gasteiger partial charge is 0.251 e.